The fourth-order valence-corrected chi connectivity index (χ4v) is 2.86. The second-order valence-corrected chi connectivity index (χ2v) is 5.39. The average molecular weight is 249 g/mol. The Balaban J connectivity index is 1.94. The Morgan fingerprint density at radius 2 is 2.11 bits per heavy atom. The van der Waals surface area contributed by atoms with E-state index in [-0.39, 0.29) is 11.7 Å². The third-order valence-corrected chi connectivity index (χ3v) is 3.74. The number of benzene rings is 1. The molecular formula is C15H23NO2. The van der Waals surface area contributed by atoms with Gasteiger partial charge >= 0.3 is 0 Å². The fourth-order valence-electron chi connectivity index (χ4n) is 2.86. The summed E-state index contributed by atoms with van der Waals surface area (Å²) in [7, 11) is 1.76. The quantitative estimate of drug-likeness (QED) is 0.867. The van der Waals surface area contributed by atoms with Crippen molar-refractivity contribution in [1.29, 1.82) is 0 Å². The van der Waals surface area contributed by atoms with E-state index < -0.39 is 0 Å². The first-order valence-electron chi connectivity index (χ1n) is 6.63. The summed E-state index contributed by atoms with van der Waals surface area (Å²) in [6.07, 6.45) is 1.41. The number of nitrogens with zero attached hydrogens (tertiary/aromatic N) is 1. The van der Waals surface area contributed by atoms with E-state index >= 15 is 0 Å². The standard InChI is InChI=1S/C15H23NO2/c1-13(17)10-15(18-2)8-9-16(12-15)11-14-6-4-3-5-7-14/h3-7,13,17H,8-12H2,1-2H3. The Hall–Kier alpha value is -0.900. The lowest BCUT2D eigenvalue weighted by Crippen LogP contribution is -2.38. The molecule has 3 heteroatoms. The number of hydrogen-bond donors (Lipinski definition) is 1. The molecular weight excluding hydrogens is 226 g/mol. The molecule has 3 nitrogen and oxygen atoms in total. The van der Waals surface area contributed by atoms with Gasteiger partial charge in [0.15, 0.2) is 0 Å². The summed E-state index contributed by atoms with van der Waals surface area (Å²) in [6, 6.07) is 10.5. The van der Waals surface area contributed by atoms with Gasteiger partial charge in [-0.2, -0.15) is 0 Å². The van der Waals surface area contributed by atoms with Crippen LogP contribution in [0.3, 0.4) is 0 Å². The summed E-state index contributed by atoms with van der Waals surface area (Å²) in [4.78, 5) is 2.40. The summed E-state index contributed by atoms with van der Waals surface area (Å²) in [5.74, 6) is 0. The zero-order valence-corrected chi connectivity index (χ0v) is 11.3. The first kappa shape index (κ1) is 13.5. The Morgan fingerprint density at radius 1 is 1.39 bits per heavy atom. The van der Waals surface area contributed by atoms with E-state index in [4.69, 9.17) is 4.74 Å². The normalized spacial score (nSPS) is 26.4. The molecule has 0 radical (unpaired) electrons. The van der Waals surface area contributed by atoms with Crippen LogP contribution in [0.2, 0.25) is 0 Å². The summed E-state index contributed by atoms with van der Waals surface area (Å²) in [5.41, 5.74) is 1.17. The van der Waals surface area contributed by atoms with Crippen LogP contribution in [0.1, 0.15) is 25.3 Å². The zero-order valence-electron chi connectivity index (χ0n) is 11.3. The van der Waals surface area contributed by atoms with Crippen LogP contribution >= 0.6 is 0 Å². The van der Waals surface area contributed by atoms with Gasteiger partial charge < -0.3 is 9.84 Å². The number of aliphatic hydroxyl groups is 1. The molecule has 1 aromatic carbocycles. The van der Waals surface area contributed by atoms with Crippen LogP contribution < -0.4 is 0 Å². The molecule has 0 saturated carbocycles. The van der Waals surface area contributed by atoms with Crippen molar-refractivity contribution >= 4 is 0 Å². The van der Waals surface area contributed by atoms with Crippen molar-refractivity contribution in [2.24, 2.45) is 0 Å². The lowest BCUT2D eigenvalue weighted by Gasteiger charge is -2.29. The third kappa shape index (κ3) is 3.31. The van der Waals surface area contributed by atoms with Gasteiger partial charge in [0.05, 0.1) is 11.7 Å². The smallest absolute Gasteiger partial charge is 0.0841 e. The summed E-state index contributed by atoms with van der Waals surface area (Å²) in [6.45, 7) is 4.74. The molecule has 1 aromatic rings. The number of likely N-dealkylation sites (tertiary alicyclic amines) is 1. The minimum atomic E-state index is -0.304. The SMILES string of the molecule is COC1(CC(C)O)CCN(Cc2ccccc2)C1. The zero-order chi connectivity index (χ0) is 13.0. The highest BCUT2D eigenvalue weighted by Crippen LogP contribution is 2.30. The van der Waals surface area contributed by atoms with Crippen LogP contribution in [0.5, 0.6) is 0 Å². The monoisotopic (exact) mass is 249 g/mol. The van der Waals surface area contributed by atoms with E-state index in [2.05, 4.69) is 29.2 Å². The molecule has 18 heavy (non-hydrogen) atoms. The van der Waals surface area contributed by atoms with Crippen molar-refractivity contribution in [3.63, 3.8) is 0 Å². The summed E-state index contributed by atoms with van der Waals surface area (Å²) in [5, 5.41) is 9.59. The number of ether oxygens (including phenoxy) is 1. The highest BCUT2D eigenvalue weighted by atomic mass is 16.5. The van der Waals surface area contributed by atoms with Crippen LogP contribution in [-0.4, -0.2) is 41.9 Å². The van der Waals surface area contributed by atoms with E-state index in [1.54, 1.807) is 7.11 Å². The van der Waals surface area contributed by atoms with Gasteiger partial charge in [0.2, 0.25) is 0 Å². The van der Waals surface area contributed by atoms with Crippen LogP contribution in [0, 0.1) is 0 Å². The predicted molar refractivity (Wildman–Crippen MR) is 72.4 cm³/mol. The van der Waals surface area contributed by atoms with Crippen molar-refractivity contribution < 1.29 is 9.84 Å². The van der Waals surface area contributed by atoms with Crippen LogP contribution in [0.25, 0.3) is 0 Å². The molecule has 2 atom stereocenters. The van der Waals surface area contributed by atoms with E-state index in [0.717, 1.165) is 32.5 Å². The molecule has 1 saturated heterocycles. The van der Waals surface area contributed by atoms with E-state index in [9.17, 15) is 5.11 Å². The van der Waals surface area contributed by atoms with Crippen molar-refractivity contribution in [2.75, 3.05) is 20.2 Å². The van der Waals surface area contributed by atoms with Crippen molar-refractivity contribution in [3.8, 4) is 0 Å². The molecule has 2 unspecified atom stereocenters. The molecule has 2 rings (SSSR count). The molecule has 0 aliphatic carbocycles. The molecule has 1 N–H and O–H groups in total. The summed E-state index contributed by atoms with van der Waals surface area (Å²) < 4.78 is 5.68. The fraction of sp³-hybridized carbons (Fsp3) is 0.600. The lowest BCUT2D eigenvalue weighted by atomic mass is 9.95. The van der Waals surface area contributed by atoms with Gasteiger partial charge in [0, 0.05) is 33.2 Å². The van der Waals surface area contributed by atoms with Gasteiger partial charge in [-0.25, -0.2) is 0 Å². The second-order valence-electron chi connectivity index (χ2n) is 5.39. The largest absolute Gasteiger partial charge is 0.393 e. The minimum Gasteiger partial charge on any atom is -0.393 e. The molecule has 0 aromatic heterocycles. The Morgan fingerprint density at radius 3 is 2.72 bits per heavy atom. The maximum atomic E-state index is 9.59. The van der Waals surface area contributed by atoms with E-state index in [1.165, 1.54) is 5.56 Å². The van der Waals surface area contributed by atoms with Gasteiger partial charge in [-0.15, -0.1) is 0 Å². The van der Waals surface area contributed by atoms with Crippen LogP contribution in [0.4, 0.5) is 0 Å². The highest BCUT2D eigenvalue weighted by molar-refractivity contribution is 5.15. The third-order valence-electron chi connectivity index (χ3n) is 3.74. The average Bonchev–Trinajstić information content (AvgIpc) is 2.73. The number of aliphatic hydroxyl groups excluding tert-OH is 1. The van der Waals surface area contributed by atoms with Crippen LogP contribution in [0.15, 0.2) is 30.3 Å². The van der Waals surface area contributed by atoms with Crippen molar-refractivity contribution in [2.45, 2.75) is 38.0 Å². The number of rotatable bonds is 5. The predicted octanol–water partition coefficient (Wildman–Crippen LogP) is 2.05. The Bertz CT molecular complexity index is 366. The van der Waals surface area contributed by atoms with Gasteiger partial charge in [0.1, 0.15) is 0 Å². The van der Waals surface area contributed by atoms with Gasteiger partial charge in [-0.05, 0) is 18.9 Å². The van der Waals surface area contributed by atoms with E-state index in [0.29, 0.717) is 0 Å². The topological polar surface area (TPSA) is 32.7 Å². The Labute approximate surface area is 109 Å². The molecule has 1 fully saturated rings. The molecule has 0 spiro atoms. The first-order chi connectivity index (χ1) is 8.63. The minimum absolute atomic E-state index is 0.164. The molecule has 1 aliphatic rings. The summed E-state index contributed by atoms with van der Waals surface area (Å²) >= 11 is 0. The van der Waals surface area contributed by atoms with Gasteiger partial charge in [-0.3, -0.25) is 4.90 Å². The number of methoxy groups -OCH3 is 1. The maximum Gasteiger partial charge on any atom is 0.0841 e. The molecule has 1 aliphatic heterocycles. The second kappa shape index (κ2) is 5.83. The highest BCUT2D eigenvalue weighted by Gasteiger charge is 2.38. The lowest BCUT2D eigenvalue weighted by molar-refractivity contribution is -0.0356. The van der Waals surface area contributed by atoms with Gasteiger partial charge in [-0.1, -0.05) is 30.3 Å². The molecule has 0 amide bonds. The molecule has 0 bridgehead atoms. The molecule has 1 heterocycles. The van der Waals surface area contributed by atoms with Crippen molar-refractivity contribution in [1.82, 2.24) is 4.90 Å². The van der Waals surface area contributed by atoms with E-state index in [1.807, 2.05) is 13.0 Å². The van der Waals surface area contributed by atoms with Crippen LogP contribution in [-0.2, 0) is 11.3 Å². The number of hydrogen-bond acceptors (Lipinski definition) is 3. The maximum absolute atomic E-state index is 9.59. The van der Waals surface area contributed by atoms with Gasteiger partial charge in [0.25, 0.3) is 0 Å². The van der Waals surface area contributed by atoms with Crippen molar-refractivity contribution in [3.05, 3.63) is 35.9 Å². The first-order valence-corrected chi connectivity index (χ1v) is 6.63. The molecule has 100 valence electrons. The Kier molecular flexibility index (Phi) is 4.38.